The van der Waals surface area contributed by atoms with Crippen LogP contribution in [0.5, 0.6) is 0 Å². The molecule has 2 aromatic rings. The molecule has 0 saturated heterocycles. The molecule has 8 heteroatoms. The largest absolute Gasteiger partial charge is 0.414 e. The Balaban J connectivity index is 2.19. The summed E-state index contributed by atoms with van der Waals surface area (Å²) in [6.07, 6.45) is -8.24. The maximum absolute atomic E-state index is 13.4. The maximum Gasteiger partial charge on any atom is 0.414 e. The van der Waals surface area contributed by atoms with E-state index in [9.17, 15) is 17.6 Å². The van der Waals surface area contributed by atoms with E-state index in [1.165, 1.54) is 18.2 Å². The highest BCUT2D eigenvalue weighted by Gasteiger charge is 2.39. The minimum atomic E-state index is -4.77. The highest BCUT2D eigenvalue weighted by atomic mass is 19.4. The first kappa shape index (κ1) is 13.5. The van der Waals surface area contributed by atoms with E-state index in [-0.39, 0.29) is 11.4 Å². The van der Waals surface area contributed by atoms with Gasteiger partial charge in [-0.1, -0.05) is 17.3 Å². The lowest BCUT2D eigenvalue weighted by atomic mass is 10.2. The molecule has 1 atom stereocenters. The number of aromatic nitrogens is 2. The molecule has 0 radical (unpaired) electrons. The third-order valence-corrected chi connectivity index (χ3v) is 2.33. The predicted molar refractivity (Wildman–Crippen MR) is 55.5 cm³/mol. The first-order chi connectivity index (χ1) is 8.88. The van der Waals surface area contributed by atoms with E-state index in [1.807, 2.05) is 0 Å². The van der Waals surface area contributed by atoms with Gasteiger partial charge in [-0.3, -0.25) is 0 Å². The molecule has 0 aliphatic carbocycles. The second-order valence-electron chi connectivity index (χ2n) is 3.75. The summed E-state index contributed by atoms with van der Waals surface area (Å²) >= 11 is 0. The molecule has 1 N–H and O–H groups in total. The van der Waals surface area contributed by atoms with Crippen LogP contribution >= 0.6 is 0 Å². The number of rotatable bonds is 3. The zero-order valence-corrected chi connectivity index (χ0v) is 9.36. The Morgan fingerprint density at radius 2 is 1.95 bits per heavy atom. The number of hydrogen-bond donors (Lipinski definition) is 1. The van der Waals surface area contributed by atoms with Gasteiger partial charge in [0.2, 0.25) is 11.7 Å². The quantitative estimate of drug-likeness (QED) is 0.874. The molecule has 1 aromatic heterocycles. The average molecular weight is 276 g/mol. The number of aliphatic hydroxyl groups is 1. The van der Waals surface area contributed by atoms with Crippen molar-refractivity contribution in [3.05, 3.63) is 36.0 Å². The van der Waals surface area contributed by atoms with Gasteiger partial charge in [0.05, 0.1) is 12.0 Å². The van der Waals surface area contributed by atoms with Crippen LogP contribution in [0.2, 0.25) is 0 Å². The van der Waals surface area contributed by atoms with Crippen LogP contribution in [0, 0.1) is 5.82 Å². The maximum atomic E-state index is 13.4. The van der Waals surface area contributed by atoms with Gasteiger partial charge >= 0.3 is 6.18 Å². The molecule has 0 bridgehead atoms. The normalized spacial score (nSPS) is 13.5. The summed E-state index contributed by atoms with van der Waals surface area (Å²) in [5.74, 6) is -1.20. The Kier molecular flexibility index (Phi) is 3.52. The van der Waals surface area contributed by atoms with Crippen molar-refractivity contribution < 1.29 is 27.2 Å². The number of alkyl halides is 3. The lowest BCUT2D eigenvalue weighted by molar-refractivity contribution is -0.204. The average Bonchev–Trinajstić information content (AvgIpc) is 2.76. The van der Waals surface area contributed by atoms with Gasteiger partial charge in [-0.15, -0.1) is 0 Å². The van der Waals surface area contributed by atoms with E-state index >= 15 is 0 Å². The van der Waals surface area contributed by atoms with Crippen molar-refractivity contribution in [1.82, 2.24) is 10.1 Å². The first-order valence-corrected chi connectivity index (χ1v) is 5.20. The van der Waals surface area contributed by atoms with Gasteiger partial charge in [-0.05, 0) is 12.1 Å². The summed E-state index contributed by atoms with van der Waals surface area (Å²) < 4.78 is 54.3. The van der Waals surface area contributed by atoms with Crippen molar-refractivity contribution in [2.45, 2.75) is 18.7 Å². The fourth-order valence-corrected chi connectivity index (χ4v) is 1.37. The van der Waals surface area contributed by atoms with E-state index in [0.29, 0.717) is 0 Å². The lowest BCUT2D eigenvalue weighted by Crippen LogP contribution is -2.30. The fourth-order valence-electron chi connectivity index (χ4n) is 1.37. The number of nitrogens with zero attached hydrogens (tertiary/aromatic N) is 2. The van der Waals surface area contributed by atoms with Crippen molar-refractivity contribution in [3.8, 4) is 11.4 Å². The second kappa shape index (κ2) is 4.96. The van der Waals surface area contributed by atoms with E-state index in [0.717, 1.165) is 6.07 Å². The van der Waals surface area contributed by atoms with Crippen LogP contribution < -0.4 is 0 Å². The van der Waals surface area contributed by atoms with Crippen LogP contribution in [0.1, 0.15) is 5.89 Å². The Bertz CT molecular complexity index is 568. The van der Waals surface area contributed by atoms with Crippen molar-refractivity contribution in [1.29, 1.82) is 0 Å². The third kappa shape index (κ3) is 3.08. The molecular formula is C11H8F4N2O2. The van der Waals surface area contributed by atoms with Gasteiger partial charge < -0.3 is 9.63 Å². The summed E-state index contributed by atoms with van der Waals surface area (Å²) in [5, 5.41) is 12.2. The van der Waals surface area contributed by atoms with Gasteiger partial charge in [0, 0.05) is 0 Å². The van der Waals surface area contributed by atoms with Crippen LogP contribution in [0.3, 0.4) is 0 Å². The molecule has 0 saturated carbocycles. The third-order valence-electron chi connectivity index (χ3n) is 2.33. The summed E-state index contributed by atoms with van der Waals surface area (Å²) in [5.41, 5.74) is 0.0130. The molecular weight excluding hydrogens is 268 g/mol. The molecule has 0 aliphatic heterocycles. The van der Waals surface area contributed by atoms with Gasteiger partial charge in [0.1, 0.15) is 5.82 Å². The van der Waals surface area contributed by atoms with Crippen molar-refractivity contribution in [2.24, 2.45) is 0 Å². The summed E-state index contributed by atoms with van der Waals surface area (Å²) in [6.45, 7) is 0. The highest BCUT2D eigenvalue weighted by Crippen LogP contribution is 2.24. The fraction of sp³-hybridized carbons (Fsp3) is 0.273. The monoisotopic (exact) mass is 276 g/mol. The molecule has 1 heterocycles. The molecule has 0 fully saturated rings. The van der Waals surface area contributed by atoms with Gasteiger partial charge in [-0.25, -0.2) is 4.39 Å². The second-order valence-corrected chi connectivity index (χ2v) is 3.75. The molecule has 1 unspecified atom stereocenters. The standard InChI is InChI=1S/C11H8F4N2O2/c12-7-4-2-1-3-6(7)10-16-9(19-17-10)5-8(18)11(13,14)15/h1-4,8,18H,5H2. The zero-order chi connectivity index (χ0) is 14.0. The van der Waals surface area contributed by atoms with E-state index in [1.54, 1.807) is 0 Å². The molecule has 19 heavy (non-hydrogen) atoms. The summed E-state index contributed by atoms with van der Waals surface area (Å²) in [7, 11) is 0. The van der Waals surface area contributed by atoms with Crippen LogP contribution in [-0.2, 0) is 6.42 Å². The Morgan fingerprint density at radius 3 is 2.58 bits per heavy atom. The predicted octanol–water partition coefficient (Wildman–Crippen LogP) is 2.34. The Morgan fingerprint density at radius 1 is 1.26 bits per heavy atom. The highest BCUT2D eigenvalue weighted by molar-refractivity contribution is 5.54. The van der Waals surface area contributed by atoms with E-state index < -0.39 is 30.4 Å². The van der Waals surface area contributed by atoms with Gasteiger partial charge in [0.15, 0.2) is 6.10 Å². The number of hydrogen-bond acceptors (Lipinski definition) is 4. The number of benzene rings is 1. The van der Waals surface area contributed by atoms with Crippen molar-refractivity contribution >= 4 is 0 Å². The molecule has 0 amide bonds. The van der Waals surface area contributed by atoms with E-state index in [4.69, 9.17) is 5.11 Å². The minimum Gasteiger partial charge on any atom is -0.383 e. The molecule has 0 spiro atoms. The number of aliphatic hydroxyl groups excluding tert-OH is 1. The van der Waals surface area contributed by atoms with Gasteiger partial charge in [-0.2, -0.15) is 18.2 Å². The Hall–Kier alpha value is -1.96. The summed E-state index contributed by atoms with van der Waals surface area (Å²) in [4.78, 5) is 3.62. The van der Waals surface area contributed by atoms with Crippen molar-refractivity contribution in [2.75, 3.05) is 0 Å². The Labute approximate surface area is 104 Å². The zero-order valence-electron chi connectivity index (χ0n) is 9.36. The topological polar surface area (TPSA) is 59.2 Å². The first-order valence-electron chi connectivity index (χ1n) is 5.20. The lowest BCUT2D eigenvalue weighted by Gasteiger charge is -2.11. The SMILES string of the molecule is OC(Cc1nc(-c2ccccc2F)no1)C(F)(F)F. The van der Waals surface area contributed by atoms with Crippen molar-refractivity contribution in [3.63, 3.8) is 0 Å². The van der Waals surface area contributed by atoms with Crippen LogP contribution in [0.15, 0.2) is 28.8 Å². The molecule has 2 rings (SSSR count). The molecule has 0 aliphatic rings. The van der Waals surface area contributed by atoms with Crippen LogP contribution in [0.4, 0.5) is 17.6 Å². The summed E-state index contributed by atoms with van der Waals surface area (Å²) in [6, 6.07) is 5.51. The van der Waals surface area contributed by atoms with Gasteiger partial charge in [0.25, 0.3) is 0 Å². The van der Waals surface area contributed by atoms with E-state index in [2.05, 4.69) is 14.7 Å². The van der Waals surface area contributed by atoms with Crippen LogP contribution in [-0.4, -0.2) is 27.5 Å². The molecule has 1 aromatic carbocycles. The smallest absolute Gasteiger partial charge is 0.383 e. The van der Waals surface area contributed by atoms with Crippen LogP contribution in [0.25, 0.3) is 11.4 Å². The minimum absolute atomic E-state index is 0.0130. The molecule has 4 nitrogen and oxygen atoms in total. The number of halogens is 4. The molecule has 102 valence electrons.